The monoisotopic (exact) mass is 292 g/mol. The standard InChI is InChI=1S/C13H9BrOS/c14-11-8-13(16-9-11)12(15)7-6-10-4-2-1-3-5-10/h1-9H. The molecular weight excluding hydrogens is 284 g/mol. The molecule has 0 unspecified atom stereocenters. The van der Waals surface area contributed by atoms with E-state index in [2.05, 4.69) is 15.9 Å². The molecule has 1 nitrogen and oxygen atoms in total. The molecule has 0 aliphatic carbocycles. The summed E-state index contributed by atoms with van der Waals surface area (Å²) in [6.07, 6.45) is 3.43. The highest BCUT2D eigenvalue weighted by Crippen LogP contribution is 2.20. The van der Waals surface area contributed by atoms with E-state index in [4.69, 9.17) is 0 Å². The van der Waals surface area contributed by atoms with Crippen LogP contribution in [0.5, 0.6) is 0 Å². The van der Waals surface area contributed by atoms with Crippen LogP contribution in [-0.4, -0.2) is 5.78 Å². The predicted octanol–water partition coefficient (Wildman–Crippen LogP) is 4.41. The molecule has 80 valence electrons. The summed E-state index contributed by atoms with van der Waals surface area (Å²) in [5.74, 6) is 0.0413. The Labute approximate surface area is 107 Å². The van der Waals surface area contributed by atoms with Crippen molar-refractivity contribution < 1.29 is 4.79 Å². The van der Waals surface area contributed by atoms with E-state index in [1.54, 1.807) is 6.08 Å². The average Bonchev–Trinajstić information content (AvgIpc) is 2.74. The number of allylic oxidation sites excluding steroid dienone is 1. The topological polar surface area (TPSA) is 17.1 Å². The van der Waals surface area contributed by atoms with E-state index in [0.717, 1.165) is 14.9 Å². The summed E-state index contributed by atoms with van der Waals surface area (Å²) >= 11 is 4.78. The third-order valence-electron chi connectivity index (χ3n) is 2.04. The van der Waals surface area contributed by atoms with Crippen LogP contribution in [0.3, 0.4) is 0 Å². The van der Waals surface area contributed by atoms with Gasteiger partial charge in [0.2, 0.25) is 0 Å². The first-order chi connectivity index (χ1) is 7.75. The van der Waals surface area contributed by atoms with E-state index >= 15 is 0 Å². The number of hydrogen-bond donors (Lipinski definition) is 0. The third kappa shape index (κ3) is 2.90. The second-order valence-corrected chi connectivity index (χ2v) is 5.06. The fourth-order valence-electron chi connectivity index (χ4n) is 1.26. The molecule has 16 heavy (non-hydrogen) atoms. The first kappa shape index (κ1) is 11.3. The molecule has 0 saturated heterocycles. The molecule has 0 aliphatic heterocycles. The molecule has 2 rings (SSSR count). The van der Waals surface area contributed by atoms with Crippen molar-refractivity contribution in [3.63, 3.8) is 0 Å². The second kappa shape index (κ2) is 5.23. The molecule has 1 heterocycles. The lowest BCUT2D eigenvalue weighted by Crippen LogP contribution is -1.88. The van der Waals surface area contributed by atoms with Gasteiger partial charge in [-0.05, 0) is 33.6 Å². The molecule has 1 aromatic carbocycles. The van der Waals surface area contributed by atoms with Gasteiger partial charge >= 0.3 is 0 Å². The number of benzene rings is 1. The van der Waals surface area contributed by atoms with Crippen LogP contribution in [-0.2, 0) is 0 Å². The largest absolute Gasteiger partial charge is 0.288 e. The van der Waals surface area contributed by atoms with Gasteiger partial charge in [-0.25, -0.2) is 0 Å². The maximum atomic E-state index is 11.7. The molecule has 0 fully saturated rings. The molecule has 3 heteroatoms. The lowest BCUT2D eigenvalue weighted by Gasteiger charge is -1.91. The summed E-state index contributed by atoms with van der Waals surface area (Å²) in [6, 6.07) is 11.6. The first-order valence-electron chi connectivity index (χ1n) is 4.77. The molecule has 0 atom stereocenters. The minimum absolute atomic E-state index is 0.0413. The Bertz CT molecular complexity index is 514. The highest BCUT2D eigenvalue weighted by molar-refractivity contribution is 9.10. The summed E-state index contributed by atoms with van der Waals surface area (Å²) in [5.41, 5.74) is 1.03. The van der Waals surface area contributed by atoms with Crippen LogP contribution < -0.4 is 0 Å². The van der Waals surface area contributed by atoms with Crippen molar-refractivity contribution in [2.24, 2.45) is 0 Å². The molecule has 0 amide bonds. The van der Waals surface area contributed by atoms with Gasteiger partial charge in [0.25, 0.3) is 0 Å². The van der Waals surface area contributed by atoms with Crippen LogP contribution in [0.15, 0.2) is 52.3 Å². The van der Waals surface area contributed by atoms with E-state index in [0.29, 0.717) is 0 Å². The fraction of sp³-hybridized carbons (Fsp3) is 0. The van der Waals surface area contributed by atoms with Gasteiger partial charge in [-0.2, -0.15) is 0 Å². The fourth-order valence-corrected chi connectivity index (χ4v) is 2.61. The van der Waals surface area contributed by atoms with Crippen molar-refractivity contribution in [3.05, 3.63) is 62.8 Å². The van der Waals surface area contributed by atoms with Crippen molar-refractivity contribution in [1.29, 1.82) is 0 Å². The molecule has 0 bridgehead atoms. The maximum absolute atomic E-state index is 11.7. The van der Waals surface area contributed by atoms with Crippen molar-refractivity contribution in [1.82, 2.24) is 0 Å². The smallest absolute Gasteiger partial charge is 0.195 e. The Hall–Kier alpha value is -1.19. The number of ketones is 1. The number of carbonyl (C=O) groups excluding carboxylic acids is 1. The van der Waals surface area contributed by atoms with E-state index in [1.165, 1.54) is 11.3 Å². The normalized spacial score (nSPS) is 10.8. The lowest BCUT2D eigenvalue weighted by molar-refractivity contribution is 0.105. The van der Waals surface area contributed by atoms with Gasteiger partial charge in [-0.1, -0.05) is 36.4 Å². The molecule has 0 N–H and O–H groups in total. The van der Waals surface area contributed by atoms with Crippen molar-refractivity contribution in [2.45, 2.75) is 0 Å². The van der Waals surface area contributed by atoms with Crippen molar-refractivity contribution in [2.75, 3.05) is 0 Å². The summed E-state index contributed by atoms with van der Waals surface area (Å²) in [7, 11) is 0. The minimum Gasteiger partial charge on any atom is -0.288 e. The zero-order chi connectivity index (χ0) is 11.4. The van der Waals surface area contributed by atoms with Crippen molar-refractivity contribution in [3.8, 4) is 0 Å². The highest BCUT2D eigenvalue weighted by Gasteiger charge is 2.04. The molecule has 0 radical (unpaired) electrons. The number of hydrogen-bond acceptors (Lipinski definition) is 2. The van der Waals surface area contributed by atoms with Crippen LogP contribution in [0, 0.1) is 0 Å². The molecule has 0 spiro atoms. The zero-order valence-electron chi connectivity index (χ0n) is 8.39. The van der Waals surface area contributed by atoms with Crippen LogP contribution in [0.1, 0.15) is 15.2 Å². The maximum Gasteiger partial charge on any atom is 0.195 e. The number of halogens is 1. The van der Waals surface area contributed by atoms with Gasteiger partial charge in [-0.3, -0.25) is 4.79 Å². The van der Waals surface area contributed by atoms with Gasteiger partial charge in [-0.15, -0.1) is 11.3 Å². The van der Waals surface area contributed by atoms with E-state index in [1.807, 2.05) is 47.9 Å². The molecule has 0 saturated carbocycles. The minimum atomic E-state index is 0.0413. The molecule has 2 aromatic rings. The van der Waals surface area contributed by atoms with Gasteiger partial charge in [0.05, 0.1) is 4.88 Å². The SMILES string of the molecule is O=C(C=Cc1ccccc1)c1cc(Br)cs1. The van der Waals surface area contributed by atoms with Crippen LogP contribution in [0.25, 0.3) is 6.08 Å². The number of rotatable bonds is 3. The third-order valence-corrected chi connectivity index (χ3v) is 3.74. The summed E-state index contributed by atoms with van der Waals surface area (Å²) in [4.78, 5) is 12.5. The Balaban J connectivity index is 2.11. The Morgan fingerprint density at radius 1 is 1.25 bits per heavy atom. The van der Waals surface area contributed by atoms with Gasteiger partial charge in [0.15, 0.2) is 5.78 Å². The predicted molar refractivity (Wildman–Crippen MR) is 71.8 cm³/mol. The second-order valence-electron chi connectivity index (χ2n) is 3.24. The lowest BCUT2D eigenvalue weighted by atomic mass is 10.2. The van der Waals surface area contributed by atoms with Crippen LogP contribution in [0.4, 0.5) is 0 Å². The van der Waals surface area contributed by atoms with Crippen LogP contribution in [0.2, 0.25) is 0 Å². The Kier molecular flexibility index (Phi) is 3.70. The summed E-state index contributed by atoms with van der Waals surface area (Å²) in [5, 5.41) is 1.91. The van der Waals surface area contributed by atoms with Gasteiger partial charge in [0, 0.05) is 9.85 Å². The van der Waals surface area contributed by atoms with E-state index in [9.17, 15) is 4.79 Å². The number of carbonyl (C=O) groups is 1. The first-order valence-corrected chi connectivity index (χ1v) is 6.44. The Morgan fingerprint density at radius 3 is 2.62 bits per heavy atom. The molecular formula is C13H9BrOS. The molecule has 0 aliphatic rings. The van der Waals surface area contributed by atoms with Gasteiger partial charge < -0.3 is 0 Å². The van der Waals surface area contributed by atoms with Crippen LogP contribution >= 0.6 is 27.3 Å². The zero-order valence-corrected chi connectivity index (χ0v) is 10.8. The van der Waals surface area contributed by atoms with Crippen molar-refractivity contribution >= 4 is 39.1 Å². The summed E-state index contributed by atoms with van der Waals surface area (Å²) in [6.45, 7) is 0. The average molecular weight is 293 g/mol. The summed E-state index contributed by atoms with van der Waals surface area (Å²) < 4.78 is 0.953. The quantitative estimate of drug-likeness (QED) is 0.605. The number of thiophene rings is 1. The van der Waals surface area contributed by atoms with Gasteiger partial charge in [0.1, 0.15) is 0 Å². The van der Waals surface area contributed by atoms with E-state index < -0.39 is 0 Å². The van der Waals surface area contributed by atoms with E-state index in [-0.39, 0.29) is 5.78 Å². The highest BCUT2D eigenvalue weighted by atomic mass is 79.9. The molecule has 1 aromatic heterocycles. The Morgan fingerprint density at radius 2 is 2.00 bits per heavy atom.